The van der Waals surface area contributed by atoms with Crippen LogP contribution >= 0.6 is 0 Å². The molecule has 2 rings (SSSR count). The zero-order valence-electron chi connectivity index (χ0n) is 10.8. The third-order valence-electron chi connectivity index (χ3n) is 2.73. The standard InChI is InChI=1S/C13H17N3O2S/c1-2-9-19(17,18)15-10-12-5-3-4-6-13(12)16-8-7-14-11-16/h3-8,11,15H,2,9-10H2,1H3. The lowest BCUT2D eigenvalue weighted by Crippen LogP contribution is -2.26. The van der Waals surface area contributed by atoms with Crippen LogP contribution in [0.25, 0.3) is 5.69 Å². The van der Waals surface area contributed by atoms with Crippen LogP contribution in [0.2, 0.25) is 0 Å². The van der Waals surface area contributed by atoms with E-state index in [1.165, 1.54) is 0 Å². The highest BCUT2D eigenvalue weighted by molar-refractivity contribution is 7.89. The first kappa shape index (κ1) is 13.8. The molecular formula is C13H17N3O2S. The average Bonchev–Trinajstić information content (AvgIpc) is 2.90. The van der Waals surface area contributed by atoms with Gasteiger partial charge in [-0.25, -0.2) is 18.1 Å². The molecule has 102 valence electrons. The van der Waals surface area contributed by atoms with E-state index >= 15 is 0 Å². The number of imidazole rings is 1. The van der Waals surface area contributed by atoms with Crippen molar-refractivity contribution in [2.75, 3.05) is 5.75 Å². The summed E-state index contributed by atoms with van der Waals surface area (Å²) in [5, 5.41) is 0. The van der Waals surface area contributed by atoms with E-state index in [4.69, 9.17) is 0 Å². The number of nitrogens with one attached hydrogen (secondary N) is 1. The minimum atomic E-state index is -3.19. The highest BCUT2D eigenvalue weighted by Gasteiger charge is 2.10. The molecule has 0 radical (unpaired) electrons. The summed E-state index contributed by atoms with van der Waals surface area (Å²) in [6.07, 6.45) is 5.83. The molecule has 0 aliphatic rings. The third kappa shape index (κ3) is 3.65. The summed E-state index contributed by atoms with van der Waals surface area (Å²) in [5.41, 5.74) is 1.85. The molecule has 5 nitrogen and oxygen atoms in total. The second-order valence-electron chi connectivity index (χ2n) is 4.24. The first-order chi connectivity index (χ1) is 9.12. The van der Waals surface area contributed by atoms with Gasteiger partial charge in [0, 0.05) is 18.9 Å². The Kier molecular flexibility index (Phi) is 4.34. The lowest BCUT2D eigenvalue weighted by molar-refractivity contribution is 0.580. The molecular weight excluding hydrogens is 262 g/mol. The molecule has 1 N–H and O–H groups in total. The Morgan fingerprint density at radius 1 is 1.32 bits per heavy atom. The van der Waals surface area contributed by atoms with Crippen LogP contribution in [-0.4, -0.2) is 23.7 Å². The maximum atomic E-state index is 11.7. The van der Waals surface area contributed by atoms with Crippen LogP contribution in [0.1, 0.15) is 18.9 Å². The SMILES string of the molecule is CCCS(=O)(=O)NCc1ccccc1-n1ccnc1. The van der Waals surface area contributed by atoms with Crippen LogP contribution < -0.4 is 4.72 Å². The molecule has 1 heterocycles. The molecule has 0 fully saturated rings. The van der Waals surface area contributed by atoms with E-state index < -0.39 is 10.0 Å². The van der Waals surface area contributed by atoms with Gasteiger partial charge in [-0.1, -0.05) is 25.1 Å². The van der Waals surface area contributed by atoms with E-state index in [0.717, 1.165) is 11.3 Å². The van der Waals surface area contributed by atoms with Crippen molar-refractivity contribution in [3.8, 4) is 5.69 Å². The molecule has 1 aromatic carbocycles. The van der Waals surface area contributed by atoms with Gasteiger partial charge in [-0.2, -0.15) is 0 Å². The van der Waals surface area contributed by atoms with Gasteiger partial charge in [-0.15, -0.1) is 0 Å². The Hall–Kier alpha value is -1.66. The van der Waals surface area contributed by atoms with Crippen molar-refractivity contribution in [2.45, 2.75) is 19.9 Å². The highest BCUT2D eigenvalue weighted by Crippen LogP contribution is 2.14. The molecule has 19 heavy (non-hydrogen) atoms. The van der Waals surface area contributed by atoms with Crippen molar-refractivity contribution in [1.82, 2.24) is 14.3 Å². The van der Waals surface area contributed by atoms with E-state index in [2.05, 4.69) is 9.71 Å². The van der Waals surface area contributed by atoms with Crippen LogP contribution in [0.5, 0.6) is 0 Å². The Balaban J connectivity index is 2.18. The topological polar surface area (TPSA) is 64.0 Å². The first-order valence-electron chi connectivity index (χ1n) is 6.16. The van der Waals surface area contributed by atoms with Crippen molar-refractivity contribution in [2.24, 2.45) is 0 Å². The molecule has 0 aliphatic carbocycles. The van der Waals surface area contributed by atoms with Crippen LogP contribution in [0.4, 0.5) is 0 Å². The van der Waals surface area contributed by atoms with Crippen LogP contribution in [0, 0.1) is 0 Å². The maximum absolute atomic E-state index is 11.7. The van der Waals surface area contributed by atoms with Crippen molar-refractivity contribution >= 4 is 10.0 Å². The summed E-state index contributed by atoms with van der Waals surface area (Å²) < 4.78 is 27.8. The van der Waals surface area contributed by atoms with Gasteiger partial charge in [0.1, 0.15) is 0 Å². The second kappa shape index (κ2) is 5.99. The summed E-state index contributed by atoms with van der Waals surface area (Å²) >= 11 is 0. The molecule has 0 aliphatic heterocycles. The molecule has 0 spiro atoms. The largest absolute Gasteiger partial charge is 0.306 e. The predicted octanol–water partition coefficient (Wildman–Crippen LogP) is 1.70. The zero-order chi connectivity index (χ0) is 13.7. The van der Waals surface area contributed by atoms with Gasteiger partial charge >= 0.3 is 0 Å². The molecule has 0 bridgehead atoms. The maximum Gasteiger partial charge on any atom is 0.211 e. The summed E-state index contributed by atoms with van der Waals surface area (Å²) in [4.78, 5) is 4.00. The molecule has 0 atom stereocenters. The third-order valence-corrected chi connectivity index (χ3v) is 4.26. The first-order valence-corrected chi connectivity index (χ1v) is 7.81. The lowest BCUT2D eigenvalue weighted by atomic mass is 10.2. The Bertz CT molecular complexity index is 621. The lowest BCUT2D eigenvalue weighted by Gasteiger charge is -2.11. The summed E-state index contributed by atoms with van der Waals surface area (Å²) in [6, 6.07) is 7.65. The predicted molar refractivity (Wildman–Crippen MR) is 74.5 cm³/mol. The molecule has 0 amide bonds. The Labute approximate surface area is 113 Å². The van der Waals surface area contributed by atoms with E-state index in [1.807, 2.05) is 42.0 Å². The summed E-state index contributed by atoms with van der Waals surface area (Å²) in [7, 11) is -3.19. The fourth-order valence-electron chi connectivity index (χ4n) is 1.84. The van der Waals surface area contributed by atoms with E-state index in [1.54, 1.807) is 12.5 Å². The van der Waals surface area contributed by atoms with Gasteiger partial charge in [0.25, 0.3) is 0 Å². The average molecular weight is 279 g/mol. The quantitative estimate of drug-likeness (QED) is 0.875. The Morgan fingerprint density at radius 3 is 2.79 bits per heavy atom. The molecule has 0 unspecified atom stereocenters. The van der Waals surface area contributed by atoms with Crippen molar-refractivity contribution in [3.63, 3.8) is 0 Å². The number of sulfonamides is 1. The minimum absolute atomic E-state index is 0.153. The smallest absolute Gasteiger partial charge is 0.211 e. The fourth-order valence-corrected chi connectivity index (χ4v) is 2.90. The number of rotatable bonds is 6. The van der Waals surface area contributed by atoms with Gasteiger partial charge in [0.2, 0.25) is 10.0 Å². The second-order valence-corrected chi connectivity index (χ2v) is 6.17. The normalized spacial score (nSPS) is 11.6. The van der Waals surface area contributed by atoms with Crippen LogP contribution in [0.15, 0.2) is 43.0 Å². The number of hydrogen-bond donors (Lipinski definition) is 1. The number of para-hydroxylation sites is 1. The molecule has 2 aromatic rings. The van der Waals surface area contributed by atoms with Gasteiger partial charge in [-0.3, -0.25) is 0 Å². The minimum Gasteiger partial charge on any atom is -0.306 e. The van der Waals surface area contributed by atoms with Gasteiger partial charge in [-0.05, 0) is 18.1 Å². The number of benzene rings is 1. The molecule has 0 saturated heterocycles. The number of aromatic nitrogens is 2. The summed E-state index contributed by atoms with van der Waals surface area (Å²) in [6.45, 7) is 2.13. The monoisotopic (exact) mass is 279 g/mol. The van der Waals surface area contributed by atoms with E-state index in [0.29, 0.717) is 6.42 Å². The number of nitrogens with zero attached hydrogens (tertiary/aromatic N) is 2. The van der Waals surface area contributed by atoms with Crippen LogP contribution in [0.3, 0.4) is 0 Å². The van der Waals surface area contributed by atoms with Crippen molar-refractivity contribution in [1.29, 1.82) is 0 Å². The Morgan fingerprint density at radius 2 is 2.11 bits per heavy atom. The van der Waals surface area contributed by atoms with Gasteiger partial charge < -0.3 is 4.57 Å². The van der Waals surface area contributed by atoms with Crippen molar-refractivity contribution < 1.29 is 8.42 Å². The molecule has 0 saturated carbocycles. The fraction of sp³-hybridized carbons (Fsp3) is 0.308. The van der Waals surface area contributed by atoms with Crippen LogP contribution in [-0.2, 0) is 16.6 Å². The highest BCUT2D eigenvalue weighted by atomic mass is 32.2. The number of hydrogen-bond acceptors (Lipinski definition) is 3. The van der Waals surface area contributed by atoms with E-state index in [9.17, 15) is 8.42 Å². The van der Waals surface area contributed by atoms with E-state index in [-0.39, 0.29) is 12.3 Å². The molecule has 1 aromatic heterocycles. The zero-order valence-corrected chi connectivity index (χ0v) is 11.6. The van der Waals surface area contributed by atoms with Gasteiger partial charge in [0.05, 0.1) is 17.8 Å². The van der Waals surface area contributed by atoms with Crippen molar-refractivity contribution in [3.05, 3.63) is 48.5 Å². The molecule has 6 heteroatoms. The summed E-state index contributed by atoms with van der Waals surface area (Å²) in [5.74, 6) is 0.153. The van der Waals surface area contributed by atoms with Gasteiger partial charge in [0.15, 0.2) is 0 Å².